The smallest absolute Gasteiger partial charge is 0.0176 e. The largest absolute Gasteiger partial charge is 0.312 e. The highest BCUT2D eigenvalue weighted by Crippen LogP contribution is 2.20. The molecule has 0 heterocycles. The van der Waals surface area contributed by atoms with Gasteiger partial charge in [-0.05, 0) is 63.8 Å². The van der Waals surface area contributed by atoms with Gasteiger partial charge in [-0.1, -0.05) is 15.9 Å². The quantitative estimate of drug-likeness (QED) is 0.642. The lowest BCUT2D eigenvalue weighted by Crippen LogP contribution is -2.36. The van der Waals surface area contributed by atoms with Gasteiger partial charge in [0.2, 0.25) is 0 Å². The van der Waals surface area contributed by atoms with Gasteiger partial charge in [0, 0.05) is 14.9 Å². The van der Waals surface area contributed by atoms with Gasteiger partial charge in [0.1, 0.15) is 0 Å². The van der Waals surface area contributed by atoms with E-state index in [2.05, 4.69) is 66.3 Å². The van der Waals surface area contributed by atoms with Gasteiger partial charge >= 0.3 is 0 Å². The average Bonchev–Trinajstić information content (AvgIpc) is 2.19. The van der Waals surface area contributed by atoms with Crippen LogP contribution in [0, 0.1) is 0 Å². The summed E-state index contributed by atoms with van der Waals surface area (Å²) in [7, 11) is 0. The van der Waals surface area contributed by atoms with Crippen LogP contribution in [0.15, 0.2) is 33.6 Å². The van der Waals surface area contributed by atoms with Gasteiger partial charge in [-0.3, -0.25) is 0 Å². The molecular formula is C13H20BrNS. The Morgan fingerprint density at radius 1 is 1.19 bits per heavy atom. The van der Waals surface area contributed by atoms with Gasteiger partial charge in [-0.25, -0.2) is 0 Å². The van der Waals surface area contributed by atoms with E-state index >= 15 is 0 Å². The van der Waals surface area contributed by atoms with E-state index in [1.807, 2.05) is 11.8 Å². The number of halogens is 1. The van der Waals surface area contributed by atoms with Crippen LogP contribution in [-0.4, -0.2) is 17.8 Å². The third kappa shape index (κ3) is 6.56. The van der Waals surface area contributed by atoms with Crippen molar-refractivity contribution in [3.8, 4) is 0 Å². The second-order valence-electron chi connectivity index (χ2n) is 4.83. The van der Waals surface area contributed by atoms with Crippen LogP contribution in [0.25, 0.3) is 0 Å². The van der Waals surface area contributed by atoms with Gasteiger partial charge in [0.15, 0.2) is 0 Å². The number of benzene rings is 1. The number of hydrogen-bond donors (Lipinski definition) is 1. The molecule has 1 N–H and O–H groups in total. The Kier molecular flexibility index (Phi) is 5.87. The summed E-state index contributed by atoms with van der Waals surface area (Å²) in [5, 5.41) is 3.50. The number of hydrogen-bond acceptors (Lipinski definition) is 2. The van der Waals surface area contributed by atoms with Crippen LogP contribution in [0.5, 0.6) is 0 Å². The molecule has 0 radical (unpaired) electrons. The van der Waals surface area contributed by atoms with Gasteiger partial charge in [-0.15, -0.1) is 11.8 Å². The predicted molar refractivity (Wildman–Crippen MR) is 77.2 cm³/mol. The minimum absolute atomic E-state index is 0.238. The van der Waals surface area contributed by atoms with Crippen molar-refractivity contribution in [3.05, 3.63) is 28.7 Å². The minimum Gasteiger partial charge on any atom is -0.312 e. The summed E-state index contributed by atoms with van der Waals surface area (Å²) in [4.78, 5) is 1.35. The lowest BCUT2D eigenvalue weighted by molar-refractivity contribution is 0.427. The lowest BCUT2D eigenvalue weighted by atomic mass is 10.1. The molecule has 0 aliphatic rings. The summed E-state index contributed by atoms with van der Waals surface area (Å²) in [6, 6.07) is 8.50. The van der Waals surface area contributed by atoms with Crippen LogP contribution in [0.2, 0.25) is 0 Å². The van der Waals surface area contributed by atoms with Crippen LogP contribution in [0.3, 0.4) is 0 Å². The Morgan fingerprint density at radius 3 is 2.38 bits per heavy atom. The molecule has 0 amide bonds. The topological polar surface area (TPSA) is 12.0 Å². The second-order valence-corrected chi connectivity index (χ2v) is 6.92. The number of rotatable bonds is 5. The monoisotopic (exact) mass is 301 g/mol. The van der Waals surface area contributed by atoms with Crippen molar-refractivity contribution in [3.63, 3.8) is 0 Å². The highest BCUT2D eigenvalue weighted by Gasteiger charge is 2.06. The molecule has 1 aromatic rings. The molecular weight excluding hydrogens is 282 g/mol. The van der Waals surface area contributed by atoms with E-state index in [0.29, 0.717) is 0 Å². The lowest BCUT2D eigenvalue weighted by Gasteiger charge is -2.20. The summed E-state index contributed by atoms with van der Waals surface area (Å²) in [6.07, 6.45) is 1.21. The Balaban J connectivity index is 2.14. The summed E-state index contributed by atoms with van der Waals surface area (Å²) in [5.41, 5.74) is 0.238. The highest BCUT2D eigenvalue weighted by atomic mass is 79.9. The van der Waals surface area contributed by atoms with Crippen molar-refractivity contribution >= 4 is 27.7 Å². The van der Waals surface area contributed by atoms with Crippen molar-refractivity contribution in [2.45, 2.75) is 37.6 Å². The van der Waals surface area contributed by atoms with E-state index in [9.17, 15) is 0 Å². The van der Waals surface area contributed by atoms with E-state index in [4.69, 9.17) is 0 Å². The Labute approximate surface area is 112 Å². The third-order valence-corrected chi connectivity index (χ3v) is 3.69. The molecule has 0 aliphatic heterocycles. The maximum atomic E-state index is 3.50. The van der Waals surface area contributed by atoms with Crippen LogP contribution in [0.1, 0.15) is 27.2 Å². The Bertz CT molecular complexity index is 303. The van der Waals surface area contributed by atoms with Crippen molar-refractivity contribution in [2.24, 2.45) is 0 Å². The van der Waals surface area contributed by atoms with Crippen molar-refractivity contribution in [1.29, 1.82) is 0 Å². The summed E-state index contributed by atoms with van der Waals surface area (Å²) in [6.45, 7) is 7.70. The molecule has 90 valence electrons. The second kappa shape index (κ2) is 6.67. The fraction of sp³-hybridized carbons (Fsp3) is 0.538. The van der Waals surface area contributed by atoms with E-state index in [1.54, 1.807) is 0 Å². The molecule has 1 aromatic carbocycles. The number of thioether (sulfide) groups is 1. The first-order valence-electron chi connectivity index (χ1n) is 5.61. The standard InChI is InChI=1S/C13H20BrNS/c1-13(2,3)15-9-4-10-16-12-7-5-11(14)6-8-12/h5-8,15H,4,9-10H2,1-3H3. The maximum Gasteiger partial charge on any atom is 0.0176 e. The van der Waals surface area contributed by atoms with Gasteiger partial charge < -0.3 is 5.32 Å². The van der Waals surface area contributed by atoms with Crippen LogP contribution in [0.4, 0.5) is 0 Å². The molecule has 1 nitrogen and oxygen atoms in total. The van der Waals surface area contributed by atoms with Crippen LogP contribution < -0.4 is 5.32 Å². The predicted octanol–water partition coefficient (Wildman–Crippen LogP) is 4.32. The Hall–Kier alpha value is 0.01000. The number of nitrogens with one attached hydrogen (secondary N) is 1. The van der Waals surface area contributed by atoms with E-state index in [1.165, 1.54) is 17.1 Å². The summed E-state index contributed by atoms with van der Waals surface area (Å²) >= 11 is 5.36. The van der Waals surface area contributed by atoms with E-state index in [-0.39, 0.29) is 5.54 Å². The molecule has 3 heteroatoms. The molecule has 0 saturated heterocycles. The molecule has 0 aromatic heterocycles. The maximum absolute atomic E-state index is 3.50. The zero-order chi connectivity index (χ0) is 12.0. The first kappa shape index (κ1) is 14.1. The molecule has 0 aliphatic carbocycles. The highest BCUT2D eigenvalue weighted by molar-refractivity contribution is 9.10. The van der Waals surface area contributed by atoms with Crippen LogP contribution in [-0.2, 0) is 0 Å². The fourth-order valence-electron chi connectivity index (χ4n) is 1.26. The summed E-state index contributed by atoms with van der Waals surface area (Å²) in [5.74, 6) is 1.17. The van der Waals surface area contributed by atoms with Crippen molar-refractivity contribution in [1.82, 2.24) is 5.32 Å². The molecule has 0 bridgehead atoms. The SMILES string of the molecule is CC(C)(C)NCCCSc1ccc(Br)cc1. The van der Waals surface area contributed by atoms with Crippen molar-refractivity contribution < 1.29 is 0 Å². The molecule has 0 saturated carbocycles. The van der Waals surface area contributed by atoms with E-state index in [0.717, 1.165) is 11.0 Å². The molecule has 0 atom stereocenters. The van der Waals surface area contributed by atoms with Crippen molar-refractivity contribution in [2.75, 3.05) is 12.3 Å². The zero-order valence-electron chi connectivity index (χ0n) is 10.2. The Morgan fingerprint density at radius 2 is 1.81 bits per heavy atom. The van der Waals surface area contributed by atoms with E-state index < -0.39 is 0 Å². The first-order chi connectivity index (χ1) is 7.47. The fourth-order valence-corrected chi connectivity index (χ4v) is 2.37. The average molecular weight is 302 g/mol. The molecule has 16 heavy (non-hydrogen) atoms. The molecule has 0 spiro atoms. The third-order valence-electron chi connectivity index (χ3n) is 2.06. The van der Waals surface area contributed by atoms with Gasteiger partial charge in [0.25, 0.3) is 0 Å². The zero-order valence-corrected chi connectivity index (χ0v) is 12.6. The van der Waals surface area contributed by atoms with Gasteiger partial charge in [0.05, 0.1) is 0 Å². The van der Waals surface area contributed by atoms with Crippen LogP contribution >= 0.6 is 27.7 Å². The minimum atomic E-state index is 0.238. The van der Waals surface area contributed by atoms with Gasteiger partial charge in [-0.2, -0.15) is 0 Å². The first-order valence-corrected chi connectivity index (χ1v) is 7.39. The molecule has 1 rings (SSSR count). The normalized spacial score (nSPS) is 11.8. The molecule has 0 fully saturated rings. The molecule has 0 unspecified atom stereocenters. The summed E-state index contributed by atoms with van der Waals surface area (Å²) < 4.78 is 1.14.